The van der Waals surface area contributed by atoms with Crippen molar-refractivity contribution in [3.63, 3.8) is 0 Å². The Hall–Kier alpha value is -2.01. The van der Waals surface area contributed by atoms with Gasteiger partial charge in [-0.1, -0.05) is 19.4 Å². The molecule has 5 heteroatoms. The van der Waals surface area contributed by atoms with Crippen LogP contribution in [-0.2, 0) is 11.2 Å². The number of fused-ring (bicyclic) bond motifs is 1. The summed E-state index contributed by atoms with van der Waals surface area (Å²) in [5.74, 6) is 0.951. The van der Waals surface area contributed by atoms with Gasteiger partial charge in [0, 0.05) is 23.6 Å². The first-order valence-electron chi connectivity index (χ1n) is 8.74. The van der Waals surface area contributed by atoms with Crippen LogP contribution in [0.4, 0.5) is 0 Å². The van der Waals surface area contributed by atoms with Gasteiger partial charge in [0.25, 0.3) is 0 Å². The number of carbonyl (C=O) groups is 1. The molecule has 3 N–H and O–H groups in total. The lowest BCUT2D eigenvalue weighted by Gasteiger charge is -2.27. The van der Waals surface area contributed by atoms with Crippen LogP contribution in [-0.4, -0.2) is 34.8 Å². The first-order chi connectivity index (χ1) is 11.5. The van der Waals surface area contributed by atoms with Gasteiger partial charge in [-0.05, 0) is 43.4 Å². The van der Waals surface area contributed by atoms with Crippen LogP contribution in [0.2, 0.25) is 0 Å². The third-order valence-electron chi connectivity index (χ3n) is 5.16. The third-order valence-corrected chi connectivity index (χ3v) is 5.16. The number of carbonyl (C=O) groups excluding carboxylic acids is 1. The minimum atomic E-state index is -0.758. The van der Waals surface area contributed by atoms with Crippen LogP contribution in [0, 0.1) is 5.92 Å². The summed E-state index contributed by atoms with van der Waals surface area (Å²) in [6.45, 7) is 4.91. The second kappa shape index (κ2) is 6.85. The number of amides is 1. The van der Waals surface area contributed by atoms with Crippen LogP contribution in [0.15, 0.2) is 24.4 Å². The predicted molar refractivity (Wildman–Crippen MR) is 94.1 cm³/mol. The van der Waals surface area contributed by atoms with Crippen molar-refractivity contribution in [2.75, 3.05) is 13.2 Å². The Kier molecular flexibility index (Phi) is 4.81. The quantitative estimate of drug-likeness (QED) is 0.762. The molecule has 2 atom stereocenters. The molecule has 1 amide bonds. The molecule has 0 saturated heterocycles. The summed E-state index contributed by atoms with van der Waals surface area (Å²) in [6, 6.07) is 5.83. The number of rotatable bonds is 6. The number of benzene rings is 1. The maximum Gasteiger partial charge on any atom is 0.224 e. The summed E-state index contributed by atoms with van der Waals surface area (Å²) >= 11 is 0. The topological polar surface area (TPSA) is 74.4 Å². The third kappa shape index (κ3) is 3.26. The minimum Gasteiger partial charge on any atom is -0.493 e. The standard InChI is InChI=1S/C19H26N2O3/c1-3-24-16-8-4-7-15-18(16)14(11-20-15)10-17(22)21-12-19(23)9-5-6-13(19)2/h4,7-8,11,13,20,23H,3,5-6,9-10,12H2,1-2H3,(H,21,22)/t13-,19-/m1/s1. The highest BCUT2D eigenvalue weighted by Crippen LogP contribution is 2.34. The SMILES string of the molecule is CCOc1cccc2[nH]cc(CC(=O)NC[C@]3(O)CCC[C@H]3C)c12. The minimum absolute atomic E-state index is 0.0743. The van der Waals surface area contributed by atoms with Gasteiger partial charge in [0.15, 0.2) is 0 Å². The van der Waals surface area contributed by atoms with Gasteiger partial charge in [-0.15, -0.1) is 0 Å². The van der Waals surface area contributed by atoms with Crippen LogP contribution < -0.4 is 10.1 Å². The fraction of sp³-hybridized carbons (Fsp3) is 0.526. The molecule has 0 aliphatic heterocycles. The van der Waals surface area contributed by atoms with E-state index in [1.54, 1.807) is 0 Å². The van der Waals surface area contributed by atoms with Gasteiger partial charge in [-0.25, -0.2) is 0 Å². The van der Waals surface area contributed by atoms with Crippen LogP contribution >= 0.6 is 0 Å². The van der Waals surface area contributed by atoms with Crippen molar-refractivity contribution in [2.24, 2.45) is 5.92 Å². The number of hydrogen-bond donors (Lipinski definition) is 3. The van der Waals surface area contributed by atoms with E-state index in [9.17, 15) is 9.90 Å². The summed E-state index contributed by atoms with van der Waals surface area (Å²) in [7, 11) is 0. The van der Waals surface area contributed by atoms with Crippen molar-refractivity contribution < 1.29 is 14.6 Å². The Morgan fingerprint density at radius 2 is 2.33 bits per heavy atom. The average molecular weight is 330 g/mol. The number of aliphatic hydroxyl groups is 1. The lowest BCUT2D eigenvalue weighted by Crippen LogP contribution is -2.45. The molecule has 3 rings (SSSR count). The predicted octanol–water partition coefficient (Wildman–Crippen LogP) is 2.78. The molecule has 0 bridgehead atoms. The maximum absolute atomic E-state index is 12.4. The molecule has 2 aromatic rings. The molecule has 1 aliphatic carbocycles. The highest BCUT2D eigenvalue weighted by atomic mass is 16.5. The molecular formula is C19H26N2O3. The van der Waals surface area contributed by atoms with Crippen molar-refractivity contribution in [2.45, 2.75) is 45.1 Å². The van der Waals surface area contributed by atoms with E-state index in [4.69, 9.17) is 4.74 Å². The number of aromatic amines is 1. The molecule has 24 heavy (non-hydrogen) atoms. The maximum atomic E-state index is 12.4. The van der Waals surface area contributed by atoms with Crippen molar-refractivity contribution in [3.05, 3.63) is 30.0 Å². The molecule has 1 heterocycles. The number of ether oxygens (including phenoxy) is 1. The van der Waals surface area contributed by atoms with Gasteiger partial charge in [0.1, 0.15) is 5.75 Å². The largest absolute Gasteiger partial charge is 0.493 e. The molecule has 1 aliphatic rings. The van der Waals surface area contributed by atoms with Gasteiger partial charge in [0.05, 0.1) is 18.6 Å². The lowest BCUT2D eigenvalue weighted by molar-refractivity contribution is -0.122. The van der Waals surface area contributed by atoms with Crippen LogP contribution in [0.1, 0.15) is 38.7 Å². The Bertz CT molecular complexity index is 724. The Balaban J connectivity index is 1.69. The van der Waals surface area contributed by atoms with E-state index in [0.29, 0.717) is 13.2 Å². The number of nitrogens with one attached hydrogen (secondary N) is 2. The molecule has 0 unspecified atom stereocenters. The second-order valence-electron chi connectivity index (χ2n) is 6.78. The number of hydrogen-bond acceptors (Lipinski definition) is 3. The van der Waals surface area contributed by atoms with E-state index in [0.717, 1.165) is 41.5 Å². The van der Waals surface area contributed by atoms with E-state index in [2.05, 4.69) is 10.3 Å². The summed E-state index contributed by atoms with van der Waals surface area (Å²) in [6.07, 6.45) is 4.94. The summed E-state index contributed by atoms with van der Waals surface area (Å²) < 4.78 is 5.68. The molecule has 1 saturated carbocycles. The van der Waals surface area contributed by atoms with Gasteiger partial charge in [0.2, 0.25) is 5.91 Å². The monoisotopic (exact) mass is 330 g/mol. The second-order valence-corrected chi connectivity index (χ2v) is 6.78. The zero-order chi connectivity index (χ0) is 17.2. The Morgan fingerprint density at radius 1 is 1.50 bits per heavy atom. The Labute approximate surface area is 142 Å². The zero-order valence-corrected chi connectivity index (χ0v) is 14.4. The van der Waals surface area contributed by atoms with E-state index in [1.165, 1.54) is 0 Å². The Morgan fingerprint density at radius 3 is 3.04 bits per heavy atom. The number of H-pyrrole nitrogens is 1. The molecule has 0 spiro atoms. The van der Waals surface area contributed by atoms with E-state index in [1.807, 2.05) is 38.2 Å². The average Bonchev–Trinajstić information content (AvgIpc) is 3.11. The highest BCUT2D eigenvalue weighted by molar-refractivity contribution is 5.93. The zero-order valence-electron chi connectivity index (χ0n) is 14.4. The molecular weight excluding hydrogens is 304 g/mol. The van der Waals surface area contributed by atoms with E-state index < -0.39 is 5.60 Å². The van der Waals surface area contributed by atoms with Crippen LogP contribution in [0.25, 0.3) is 10.9 Å². The first-order valence-corrected chi connectivity index (χ1v) is 8.74. The van der Waals surface area contributed by atoms with Crippen molar-refractivity contribution in [1.29, 1.82) is 0 Å². The van der Waals surface area contributed by atoms with Gasteiger partial charge in [-0.2, -0.15) is 0 Å². The van der Waals surface area contributed by atoms with Crippen molar-refractivity contribution >= 4 is 16.8 Å². The van der Waals surface area contributed by atoms with Crippen molar-refractivity contribution in [1.82, 2.24) is 10.3 Å². The van der Waals surface area contributed by atoms with E-state index >= 15 is 0 Å². The van der Waals surface area contributed by atoms with Crippen molar-refractivity contribution in [3.8, 4) is 5.75 Å². The molecule has 130 valence electrons. The fourth-order valence-electron chi connectivity index (χ4n) is 3.61. The van der Waals surface area contributed by atoms with Gasteiger partial charge >= 0.3 is 0 Å². The summed E-state index contributed by atoms with van der Waals surface area (Å²) in [4.78, 5) is 15.5. The molecule has 0 radical (unpaired) electrons. The smallest absolute Gasteiger partial charge is 0.224 e. The lowest BCUT2D eigenvalue weighted by atomic mass is 9.92. The summed E-state index contributed by atoms with van der Waals surface area (Å²) in [5.41, 5.74) is 1.12. The normalized spacial score (nSPS) is 23.5. The molecule has 5 nitrogen and oxygen atoms in total. The first kappa shape index (κ1) is 16.8. The summed E-state index contributed by atoms with van der Waals surface area (Å²) in [5, 5.41) is 14.4. The highest BCUT2D eigenvalue weighted by Gasteiger charge is 2.38. The van der Waals surface area contributed by atoms with Crippen LogP contribution in [0.5, 0.6) is 5.75 Å². The van der Waals surface area contributed by atoms with E-state index in [-0.39, 0.29) is 18.2 Å². The van der Waals surface area contributed by atoms with Gasteiger partial charge < -0.3 is 20.1 Å². The fourth-order valence-corrected chi connectivity index (χ4v) is 3.61. The van der Waals surface area contributed by atoms with Crippen LogP contribution in [0.3, 0.4) is 0 Å². The molecule has 1 aromatic carbocycles. The number of aromatic nitrogens is 1. The molecule has 1 fully saturated rings. The molecule has 1 aromatic heterocycles. The van der Waals surface area contributed by atoms with Gasteiger partial charge in [-0.3, -0.25) is 4.79 Å².